The molecule has 15 heavy (non-hydrogen) atoms. The van der Waals surface area contributed by atoms with Gasteiger partial charge in [0.2, 0.25) is 0 Å². The molecule has 0 spiro atoms. The summed E-state index contributed by atoms with van der Waals surface area (Å²) >= 11 is 9.67. The second kappa shape index (κ2) is 4.77. The van der Waals surface area contributed by atoms with Gasteiger partial charge in [0, 0.05) is 5.02 Å². The first-order chi connectivity index (χ1) is 7.27. The highest BCUT2D eigenvalue weighted by Crippen LogP contribution is 2.30. The van der Waals surface area contributed by atoms with Crippen LogP contribution >= 0.6 is 27.5 Å². The van der Waals surface area contributed by atoms with Crippen LogP contribution in [0.1, 0.15) is 10.4 Å². The van der Waals surface area contributed by atoms with Gasteiger partial charge in [-0.25, -0.2) is 4.98 Å². The zero-order valence-electron chi connectivity index (χ0n) is 7.85. The molecule has 2 rings (SSSR count). The van der Waals surface area contributed by atoms with E-state index in [9.17, 15) is 0 Å². The lowest BCUT2D eigenvalue weighted by Crippen LogP contribution is -2.04. The Kier molecular flexibility index (Phi) is 3.38. The molecule has 2 aromatic rings. The fourth-order valence-electron chi connectivity index (χ4n) is 1.32. The van der Waals surface area contributed by atoms with Gasteiger partial charge < -0.3 is 0 Å². The largest absolute Gasteiger partial charge is 0.252 e. The first-order valence-electron chi connectivity index (χ1n) is 4.48. The van der Waals surface area contributed by atoms with Crippen molar-refractivity contribution in [3.63, 3.8) is 0 Å². The summed E-state index contributed by atoms with van der Waals surface area (Å²) in [5.41, 5.74) is 1.06. The molecule has 1 atom stereocenters. The molecule has 78 valence electrons. The standard InChI is InChI=1S/C10H9BrClN3/c11-9(5-15-7-13-6-14-15)8-3-1-2-4-10(8)12/h1-4,6-7,9H,5H2. The molecule has 1 aromatic heterocycles. The lowest BCUT2D eigenvalue weighted by molar-refractivity contribution is 0.610. The lowest BCUT2D eigenvalue weighted by Gasteiger charge is -2.11. The van der Waals surface area contributed by atoms with E-state index in [-0.39, 0.29) is 4.83 Å². The number of hydrogen-bond donors (Lipinski definition) is 0. The van der Waals surface area contributed by atoms with Crippen molar-refractivity contribution in [2.45, 2.75) is 11.4 Å². The maximum Gasteiger partial charge on any atom is 0.137 e. The van der Waals surface area contributed by atoms with Gasteiger partial charge in [-0.1, -0.05) is 45.7 Å². The van der Waals surface area contributed by atoms with Crippen molar-refractivity contribution in [2.24, 2.45) is 0 Å². The summed E-state index contributed by atoms with van der Waals surface area (Å²) in [4.78, 5) is 4.04. The molecule has 0 N–H and O–H groups in total. The zero-order valence-corrected chi connectivity index (χ0v) is 10.2. The summed E-state index contributed by atoms with van der Waals surface area (Å²) in [6.45, 7) is 0.712. The fraction of sp³-hybridized carbons (Fsp3) is 0.200. The number of rotatable bonds is 3. The topological polar surface area (TPSA) is 30.7 Å². The Morgan fingerprint density at radius 3 is 2.87 bits per heavy atom. The van der Waals surface area contributed by atoms with Crippen molar-refractivity contribution < 1.29 is 0 Å². The number of hydrogen-bond acceptors (Lipinski definition) is 2. The molecular formula is C10H9BrClN3. The van der Waals surface area contributed by atoms with Crippen LogP contribution < -0.4 is 0 Å². The molecule has 1 aromatic carbocycles. The van der Waals surface area contributed by atoms with Crippen LogP contribution in [0.3, 0.4) is 0 Å². The van der Waals surface area contributed by atoms with Crippen LogP contribution in [0.5, 0.6) is 0 Å². The first-order valence-corrected chi connectivity index (χ1v) is 5.77. The average molecular weight is 287 g/mol. The molecule has 0 fully saturated rings. The van der Waals surface area contributed by atoms with Crippen LogP contribution in [0, 0.1) is 0 Å². The van der Waals surface area contributed by atoms with Crippen molar-refractivity contribution in [1.82, 2.24) is 14.8 Å². The van der Waals surface area contributed by atoms with Gasteiger partial charge in [0.1, 0.15) is 12.7 Å². The number of benzene rings is 1. The van der Waals surface area contributed by atoms with E-state index in [0.29, 0.717) is 6.54 Å². The molecule has 1 unspecified atom stereocenters. The maximum atomic E-state index is 6.08. The van der Waals surface area contributed by atoms with Crippen LogP contribution in [-0.2, 0) is 6.54 Å². The minimum atomic E-state index is 0.146. The highest BCUT2D eigenvalue weighted by Gasteiger charge is 2.11. The normalized spacial score (nSPS) is 12.7. The Morgan fingerprint density at radius 2 is 2.20 bits per heavy atom. The first kappa shape index (κ1) is 10.6. The monoisotopic (exact) mass is 285 g/mol. The molecule has 0 aliphatic carbocycles. The molecule has 0 amide bonds. The third kappa shape index (κ3) is 2.58. The van der Waals surface area contributed by atoms with Crippen molar-refractivity contribution in [1.29, 1.82) is 0 Å². The molecule has 0 aliphatic heterocycles. The van der Waals surface area contributed by atoms with Gasteiger partial charge in [-0.3, -0.25) is 4.68 Å². The summed E-state index contributed by atoms with van der Waals surface area (Å²) in [7, 11) is 0. The van der Waals surface area contributed by atoms with E-state index >= 15 is 0 Å². The summed E-state index contributed by atoms with van der Waals surface area (Å²) in [6, 6.07) is 7.77. The van der Waals surface area contributed by atoms with E-state index in [4.69, 9.17) is 11.6 Å². The van der Waals surface area contributed by atoms with E-state index in [1.54, 1.807) is 11.0 Å². The summed E-state index contributed by atoms with van der Waals surface area (Å²) in [6.07, 6.45) is 3.21. The van der Waals surface area contributed by atoms with Crippen molar-refractivity contribution >= 4 is 27.5 Å². The van der Waals surface area contributed by atoms with Crippen molar-refractivity contribution in [3.05, 3.63) is 47.5 Å². The Bertz CT molecular complexity index is 430. The molecule has 0 saturated heterocycles. The van der Waals surface area contributed by atoms with Gasteiger partial charge in [-0.15, -0.1) is 0 Å². The Hall–Kier alpha value is -0.870. The third-order valence-electron chi connectivity index (χ3n) is 2.06. The van der Waals surface area contributed by atoms with Gasteiger partial charge in [0.05, 0.1) is 11.4 Å². The van der Waals surface area contributed by atoms with Crippen molar-refractivity contribution in [3.8, 4) is 0 Å². The lowest BCUT2D eigenvalue weighted by atomic mass is 10.1. The maximum absolute atomic E-state index is 6.08. The number of alkyl halides is 1. The van der Waals surface area contributed by atoms with Crippen LogP contribution in [0.25, 0.3) is 0 Å². The second-order valence-electron chi connectivity index (χ2n) is 3.11. The molecule has 0 radical (unpaired) electrons. The number of aromatic nitrogens is 3. The fourth-order valence-corrected chi connectivity index (χ4v) is 2.41. The van der Waals surface area contributed by atoms with E-state index in [1.165, 1.54) is 6.33 Å². The average Bonchev–Trinajstić information content (AvgIpc) is 2.71. The van der Waals surface area contributed by atoms with Crippen molar-refractivity contribution in [2.75, 3.05) is 0 Å². The second-order valence-corrected chi connectivity index (χ2v) is 4.62. The molecule has 0 saturated carbocycles. The Labute approximate surface area is 101 Å². The summed E-state index contributed by atoms with van der Waals surface area (Å²) < 4.78 is 1.77. The summed E-state index contributed by atoms with van der Waals surface area (Å²) in [5, 5.41) is 4.81. The quantitative estimate of drug-likeness (QED) is 0.812. The highest BCUT2D eigenvalue weighted by atomic mass is 79.9. The predicted molar refractivity (Wildman–Crippen MR) is 63.1 cm³/mol. The van der Waals surface area contributed by atoms with E-state index in [0.717, 1.165) is 10.6 Å². The molecule has 0 bridgehead atoms. The van der Waals surface area contributed by atoms with Crippen LogP contribution in [-0.4, -0.2) is 14.8 Å². The van der Waals surface area contributed by atoms with Gasteiger partial charge in [0.15, 0.2) is 0 Å². The third-order valence-corrected chi connectivity index (χ3v) is 3.18. The van der Waals surface area contributed by atoms with E-state index < -0.39 is 0 Å². The zero-order chi connectivity index (χ0) is 10.7. The molecule has 1 heterocycles. The smallest absolute Gasteiger partial charge is 0.137 e. The minimum Gasteiger partial charge on any atom is -0.252 e. The number of nitrogens with zero attached hydrogens (tertiary/aromatic N) is 3. The summed E-state index contributed by atoms with van der Waals surface area (Å²) in [5.74, 6) is 0. The number of halogens is 2. The Balaban J connectivity index is 2.15. The van der Waals surface area contributed by atoms with Gasteiger partial charge in [-0.2, -0.15) is 5.10 Å². The SMILES string of the molecule is Clc1ccccc1C(Br)Cn1cncn1. The molecule has 3 nitrogen and oxygen atoms in total. The Morgan fingerprint density at radius 1 is 1.40 bits per heavy atom. The highest BCUT2D eigenvalue weighted by molar-refractivity contribution is 9.09. The molecule has 0 aliphatic rings. The molecule has 5 heteroatoms. The van der Waals surface area contributed by atoms with Gasteiger partial charge in [0.25, 0.3) is 0 Å². The van der Waals surface area contributed by atoms with Gasteiger partial charge >= 0.3 is 0 Å². The predicted octanol–water partition coefficient (Wildman–Crippen LogP) is 3.07. The van der Waals surface area contributed by atoms with E-state index in [2.05, 4.69) is 26.0 Å². The van der Waals surface area contributed by atoms with E-state index in [1.807, 2.05) is 24.3 Å². The van der Waals surface area contributed by atoms with Gasteiger partial charge in [-0.05, 0) is 11.6 Å². The minimum absolute atomic E-state index is 0.146. The van der Waals surface area contributed by atoms with Crippen LogP contribution in [0.2, 0.25) is 5.02 Å². The molecular weight excluding hydrogens is 277 g/mol. The van der Waals surface area contributed by atoms with Crippen LogP contribution in [0.4, 0.5) is 0 Å². The van der Waals surface area contributed by atoms with Crippen LogP contribution in [0.15, 0.2) is 36.9 Å².